The first-order valence-electron chi connectivity index (χ1n) is 10.2. The number of nitrogens with zero attached hydrogens (tertiary/aromatic N) is 2. The Morgan fingerprint density at radius 1 is 0.844 bits per heavy atom. The highest BCUT2D eigenvalue weighted by Gasteiger charge is 2.13. The zero-order valence-electron chi connectivity index (χ0n) is 17.1. The number of para-hydroxylation sites is 1. The van der Waals surface area contributed by atoms with Gasteiger partial charge < -0.3 is 5.11 Å². The number of carbonyl (C=O) groups excluding carboxylic acids is 1. The van der Waals surface area contributed by atoms with E-state index < -0.39 is 0 Å². The Morgan fingerprint density at radius 3 is 2.41 bits per heavy atom. The molecule has 0 fully saturated rings. The summed E-state index contributed by atoms with van der Waals surface area (Å²) < 4.78 is 0. The lowest BCUT2D eigenvalue weighted by molar-refractivity contribution is 0.0956. The van der Waals surface area contributed by atoms with E-state index in [9.17, 15) is 9.90 Å². The first kappa shape index (κ1) is 19.5. The number of hydrogen-bond acceptors (Lipinski definition) is 4. The molecule has 0 atom stereocenters. The number of phenols is 1. The van der Waals surface area contributed by atoms with Crippen molar-refractivity contribution in [3.63, 3.8) is 0 Å². The third-order valence-corrected chi connectivity index (χ3v) is 5.34. The van der Waals surface area contributed by atoms with Crippen molar-refractivity contribution in [1.29, 1.82) is 0 Å². The van der Waals surface area contributed by atoms with Crippen LogP contribution in [0.15, 0.2) is 102 Å². The second-order valence-electron chi connectivity index (χ2n) is 7.36. The molecule has 0 spiro atoms. The Kier molecular flexibility index (Phi) is 5.06. The van der Waals surface area contributed by atoms with E-state index in [4.69, 9.17) is 4.98 Å². The number of phenolic OH excluding ortho intramolecular Hbond substituents is 1. The minimum atomic E-state index is -0.350. The largest absolute Gasteiger partial charge is 0.507 e. The molecule has 0 bridgehead atoms. The molecule has 5 rings (SSSR count). The van der Waals surface area contributed by atoms with Crippen LogP contribution in [-0.2, 0) is 0 Å². The number of amides is 1. The van der Waals surface area contributed by atoms with Gasteiger partial charge in [-0.25, -0.2) is 10.4 Å². The molecule has 2 N–H and O–H groups in total. The first-order chi connectivity index (χ1) is 15.7. The molecule has 5 aromatic rings. The van der Waals surface area contributed by atoms with E-state index >= 15 is 0 Å². The maximum absolute atomic E-state index is 13.1. The van der Waals surface area contributed by atoms with E-state index in [0.717, 1.165) is 27.2 Å². The van der Waals surface area contributed by atoms with Crippen molar-refractivity contribution < 1.29 is 9.90 Å². The molecular formula is C27H19N3O2. The third-order valence-electron chi connectivity index (χ3n) is 5.34. The van der Waals surface area contributed by atoms with E-state index in [0.29, 0.717) is 16.8 Å². The molecule has 1 amide bonds. The van der Waals surface area contributed by atoms with E-state index in [2.05, 4.69) is 10.5 Å². The summed E-state index contributed by atoms with van der Waals surface area (Å²) in [6.07, 6.45) is 1.47. The van der Waals surface area contributed by atoms with Gasteiger partial charge in [-0.2, -0.15) is 5.10 Å². The van der Waals surface area contributed by atoms with Gasteiger partial charge in [-0.1, -0.05) is 78.9 Å². The number of nitrogens with one attached hydrogen (secondary N) is 1. The van der Waals surface area contributed by atoms with Crippen molar-refractivity contribution in [2.75, 3.05) is 0 Å². The van der Waals surface area contributed by atoms with Gasteiger partial charge in [0, 0.05) is 16.5 Å². The normalized spacial score (nSPS) is 11.2. The molecule has 5 nitrogen and oxygen atoms in total. The highest BCUT2D eigenvalue weighted by molar-refractivity contribution is 6.08. The fourth-order valence-electron chi connectivity index (χ4n) is 3.76. The van der Waals surface area contributed by atoms with Crippen LogP contribution in [0.4, 0.5) is 0 Å². The van der Waals surface area contributed by atoms with Gasteiger partial charge in [-0.15, -0.1) is 0 Å². The molecule has 0 saturated heterocycles. The Labute approximate surface area is 184 Å². The van der Waals surface area contributed by atoms with Crippen LogP contribution in [0, 0.1) is 0 Å². The van der Waals surface area contributed by atoms with E-state index in [1.54, 1.807) is 12.1 Å². The van der Waals surface area contributed by atoms with Crippen LogP contribution in [0.5, 0.6) is 5.75 Å². The zero-order valence-corrected chi connectivity index (χ0v) is 17.1. The Bertz CT molecular complexity index is 1480. The number of hydrogen-bond donors (Lipinski definition) is 2. The number of pyridine rings is 1. The van der Waals surface area contributed by atoms with Gasteiger partial charge in [0.05, 0.1) is 23.0 Å². The Balaban J connectivity index is 1.50. The number of aromatic nitrogens is 1. The Morgan fingerprint density at radius 2 is 1.56 bits per heavy atom. The molecule has 0 aliphatic rings. The zero-order chi connectivity index (χ0) is 21.9. The smallest absolute Gasteiger partial charge is 0.272 e. The van der Waals surface area contributed by atoms with Crippen LogP contribution in [-0.4, -0.2) is 22.2 Å². The van der Waals surface area contributed by atoms with Crippen LogP contribution in [0.1, 0.15) is 15.9 Å². The van der Waals surface area contributed by atoms with Gasteiger partial charge in [0.15, 0.2) is 0 Å². The van der Waals surface area contributed by atoms with Crippen molar-refractivity contribution in [2.24, 2.45) is 5.10 Å². The standard InChI is InChI=1S/C27H19N3O2/c31-26-15-14-18-8-4-5-11-20(18)23(26)17-28-30-27(32)22-16-25(19-9-2-1-3-10-19)29-24-13-7-6-12-21(22)24/h1-17,31H,(H,30,32)/b28-17+. The minimum Gasteiger partial charge on any atom is -0.507 e. The van der Waals surface area contributed by atoms with E-state index in [1.165, 1.54) is 6.21 Å². The van der Waals surface area contributed by atoms with Gasteiger partial charge in [0.25, 0.3) is 5.91 Å². The van der Waals surface area contributed by atoms with Gasteiger partial charge in [0.2, 0.25) is 0 Å². The van der Waals surface area contributed by atoms with Crippen LogP contribution < -0.4 is 5.43 Å². The minimum absolute atomic E-state index is 0.0995. The molecule has 5 heteroatoms. The molecule has 0 saturated carbocycles. The van der Waals surface area contributed by atoms with Gasteiger partial charge in [-0.05, 0) is 29.0 Å². The summed E-state index contributed by atoms with van der Waals surface area (Å²) in [5, 5.41) is 17.0. The quantitative estimate of drug-likeness (QED) is 0.298. The van der Waals surface area contributed by atoms with Crippen molar-refractivity contribution >= 4 is 33.8 Å². The number of rotatable bonds is 4. The fraction of sp³-hybridized carbons (Fsp3) is 0. The molecule has 0 radical (unpaired) electrons. The first-order valence-corrected chi connectivity index (χ1v) is 10.2. The molecule has 32 heavy (non-hydrogen) atoms. The van der Waals surface area contributed by atoms with Crippen molar-refractivity contribution in [1.82, 2.24) is 10.4 Å². The summed E-state index contributed by atoms with van der Waals surface area (Å²) in [4.78, 5) is 17.8. The van der Waals surface area contributed by atoms with Crippen LogP contribution in [0.2, 0.25) is 0 Å². The van der Waals surface area contributed by atoms with Crippen molar-refractivity contribution in [3.8, 4) is 17.0 Å². The molecule has 0 aliphatic heterocycles. The summed E-state index contributed by atoms with van der Waals surface area (Å²) in [5.41, 5.74) is 6.00. The second kappa shape index (κ2) is 8.32. The average Bonchev–Trinajstić information content (AvgIpc) is 2.85. The lowest BCUT2D eigenvalue weighted by Gasteiger charge is -2.09. The molecular weight excluding hydrogens is 398 g/mol. The van der Waals surface area contributed by atoms with Crippen molar-refractivity contribution in [2.45, 2.75) is 0 Å². The lowest BCUT2D eigenvalue weighted by atomic mass is 10.0. The summed E-state index contributed by atoms with van der Waals surface area (Å²) in [5.74, 6) is -0.251. The molecule has 0 unspecified atom stereocenters. The summed E-state index contributed by atoms with van der Waals surface area (Å²) in [7, 11) is 0. The number of benzene rings is 4. The average molecular weight is 417 g/mol. The highest BCUT2D eigenvalue weighted by atomic mass is 16.3. The van der Waals surface area contributed by atoms with E-state index in [-0.39, 0.29) is 11.7 Å². The number of carbonyl (C=O) groups is 1. The molecule has 0 aliphatic carbocycles. The maximum atomic E-state index is 13.1. The summed E-state index contributed by atoms with van der Waals surface area (Å²) >= 11 is 0. The van der Waals surface area contributed by atoms with Gasteiger partial charge >= 0.3 is 0 Å². The SMILES string of the molecule is O=C(N/N=C/c1c(O)ccc2ccccc12)c1cc(-c2ccccc2)nc2ccccc12. The van der Waals surface area contributed by atoms with Crippen LogP contribution in [0.3, 0.4) is 0 Å². The Hall–Kier alpha value is -4.51. The fourth-order valence-corrected chi connectivity index (χ4v) is 3.76. The molecule has 4 aromatic carbocycles. The number of fused-ring (bicyclic) bond motifs is 2. The maximum Gasteiger partial charge on any atom is 0.272 e. The summed E-state index contributed by atoms with van der Waals surface area (Å²) in [6, 6.07) is 30.2. The predicted octanol–water partition coefficient (Wildman–Crippen LogP) is 5.52. The van der Waals surface area contributed by atoms with Gasteiger partial charge in [0.1, 0.15) is 5.75 Å². The summed E-state index contributed by atoms with van der Waals surface area (Å²) in [6.45, 7) is 0. The highest BCUT2D eigenvalue weighted by Crippen LogP contribution is 2.26. The van der Waals surface area contributed by atoms with E-state index in [1.807, 2.05) is 84.9 Å². The molecule has 1 heterocycles. The van der Waals surface area contributed by atoms with Crippen molar-refractivity contribution in [3.05, 3.63) is 108 Å². The number of aromatic hydroxyl groups is 1. The molecule has 154 valence electrons. The lowest BCUT2D eigenvalue weighted by Crippen LogP contribution is -2.18. The van der Waals surface area contributed by atoms with Gasteiger partial charge in [-0.3, -0.25) is 4.79 Å². The topological polar surface area (TPSA) is 74.6 Å². The van der Waals surface area contributed by atoms with Crippen LogP contribution >= 0.6 is 0 Å². The third kappa shape index (κ3) is 3.68. The molecule has 1 aromatic heterocycles. The number of hydrazone groups is 1. The van der Waals surface area contributed by atoms with Crippen LogP contribution in [0.25, 0.3) is 32.9 Å². The second-order valence-corrected chi connectivity index (χ2v) is 7.36. The monoisotopic (exact) mass is 417 g/mol. The predicted molar refractivity (Wildman–Crippen MR) is 128 cm³/mol.